The highest BCUT2D eigenvalue weighted by Crippen LogP contribution is 2.19. The van der Waals surface area contributed by atoms with E-state index in [0.29, 0.717) is 13.2 Å². The van der Waals surface area contributed by atoms with Crippen LogP contribution in [0.1, 0.15) is 35.7 Å². The average molecular weight is 350 g/mol. The third kappa shape index (κ3) is 5.53. The summed E-state index contributed by atoms with van der Waals surface area (Å²) >= 11 is 1.59. The van der Waals surface area contributed by atoms with Crippen molar-refractivity contribution in [2.45, 2.75) is 30.8 Å². The van der Waals surface area contributed by atoms with Crippen molar-refractivity contribution in [2.75, 3.05) is 33.4 Å². The van der Waals surface area contributed by atoms with Gasteiger partial charge in [-0.2, -0.15) is 0 Å². The molecule has 6 heteroatoms. The second-order valence-electron chi connectivity index (χ2n) is 5.93. The lowest BCUT2D eigenvalue weighted by Gasteiger charge is -2.15. The van der Waals surface area contributed by atoms with Crippen LogP contribution >= 0.6 is 11.8 Å². The first-order valence-electron chi connectivity index (χ1n) is 8.38. The Morgan fingerprint density at radius 3 is 2.54 bits per heavy atom. The summed E-state index contributed by atoms with van der Waals surface area (Å²) in [7, 11) is 1.61. The van der Waals surface area contributed by atoms with E-state index in [9.17, 15) is 9.59 Å². The van der Waals surface area contributed by atoms with Gasteiger partial charge in [-0.25, -0.2) is 0 Å². The van der Waals surface area contributed by atoms with Crippen LogP contribution in [0.25, 0.3) is 0 Å². The highest BCUT2D eigenvalue weighted by atomic mass is 32.2. The largest absolute Gasteiger partial charge is 0.383 e. The predicted octanol–water partition coefficient (Wildman–Crippen LogP) is 2.31. The molecule has 2 amide bonds. The van der Waals surface area contributed by atoms with Gasteiger partial charge < -0.3 is 15.0 Å². The first-order chi connectivity index (χ1) is 11.6. The van der Waals surface area contributed by atoms with E-state index in [1.807, 2.05) is 36.1 Å². The molecule has 24 heavy (non-hydrogen) atoms. The van der Waals surface area contributed by atoms with Crippen molar-refractivity contribution >= 4 is 23.6 Å². The number of hydrogen-bond acceptors (Lipinski definition) is 4. The summed E-state index contributed by atoms with van der Waals surface area (Å²) in [6.45, 7) is 4.69. The lowest BCUT2D eigenvalue weighted by molar-refractivity contribution is -0.120. The third-order valence-electron chi connectivity index (χ3n) is 4.07. The number of hydrogen-bond donors (Lipinski definition) is 1. The van der Waals surface area contributed by atoms with Gasteiger partial charge in [0.15, 0.2) is 0 Å². The van der Waals surface area contributed by atoms with Crippen LogP contribution in [-0.4, -0.2) is 55.3 Å². The second-order valence-corrected chi connectivity index (χ2v) is 7.26. The van der Waals surface area contributed by atoms with E-state index in [4.69, 9.17) is 4.74 Å². The zero-order valence-electron chi connectivity index (χ0n) is 14.4. The summed E-state index contributed by atoms with van der Waals surface area (Å²) in [5.74, 6) is 0.896. The second kappa shape index (κ2) is 9.69. The minimum absolute atomic E-state index is 0.0258. The number of nitrogens with zero attached hydrogens (tertiary/aromatic N) is 1. The molecule has 1 saturated heterocycles. The maximum Gasteiger partial charge on any atom is 0.253 e. The van der Waals surface area contributed by atoms with E-state index >= 15 is 0 Å². The van der Waals surface area contributed by atoms with Crippen molar-refractivity contribution in [3.63, 3.8) is 0 Å². The maximum atomic E-state index is 12.3. The molecule has 1 aliphatic rings. The molecular formula is C18H26N2O3S. The summed E-state index contributed by atoms with van der Waals surface area (Å²) in [5, 5.41) is 2.72. The molecule has 1 aromatic rings. The summed E-state index contributed by atoms with van der Waals surface area (Å²) in [5.41, 5.74) is 1.87. The Morgan fingerprint density at radius 1 is 1.25 bits per heavy atom. The van der Waals surface area contributed by atoms with Gasteiger partial charge in [0.1, 0.15) is 0 Å². The Morgan fingerprint density at radius 2 is 1.92 bits per heavy atom. The highest BCUT2D eigenvalue weighted by Gasteiger charge is 2.19. The molecule has 0 spiro atoms. The van der Waals surface area contributed by atoms with E-state index in [-0.39, 0.29) is 17.1 Å². The van der Waals surface area contributed by atoms with Crippen LogP contribution in [0.4, 0.5) is 0 Å². The standard InChI is InChI=1S/C18H26N2O3S/c1-14(17(21)19-9-12-23-2)24-13-15-5-7-16(8-6-15)18(22)20-10-3-4-11-20/h5-8,14H,3-4,9-13H2,1-2H3,(H,19,21)/t14-/m0/s1. The molecule has 0 radical (unpaired) electrons. The zero-order chi connectivity index (χ0) is 17.4. The molecule has 1 atom stereocenters. The fourth-order valence-corrected chi connectivity index (χ4v) is 3.43. The van der Waals surface area contributed by atoms with Crippen LogP contribution in [0, 0.1) is 0 Å². The van der Waals surface area contributed by atoms with Crippen LogP contribution < -0.4 is 5.32 Å². The number of thioether (sulfide) groups is 1. The van der Waals surface area contributed by atoms with E-state index in [2.05, 4.69) is 5.32 Å². The third-order valence-corrected chi connectivity index (χ3v) is 5.28. The summed E-state index contributed by atoms with van der Waals surface area (Å²) in [6.07, 6.45) is 2.20. The molecule has 2 rings (SSSR count). The van der Waals surface area contributed by atoms with Crippen molar-refractivity contribution in [3.8, 4) is 0 Å². The summed E-state index contributed by atoms with van der Waals surface area (Å²) < 4.78 is 4.92. The number of ether oxygens (including phenoxy) is 1. The number of methoxy groups -OCH3 is 1. The van der Waals surface area contributed by atoms with Crippen molar-refractivity contribution in [1.29, 1.82) is 0 Å². The Hall–Kier alpha value is -1.53. The van der Waals surface area contributed by atoms with Gasteiger partial charge in [0.05, 0.1) is 11.9 Å². The van der Waals surface area contributed by atoms with Crippen molar-refractivity contribution in [1.82, 2.24) is 10.2 Å². The predicted molar refractivity (Wildman–Crippen MR) is 97.2 cm³/mol. The van der Waals surface area contributed by atoms with E-state index in [0.717, 1.165) is 42.8 Å². The van der Waals surface area contributed by atoms with Crippen molar-refractivity contribution in [3.05, 3.63) is 35.4 Å². The summed E-state index contributed by atoms with van der Waals surface area (Å²) in [4.78, 5) is 26.1. The van der Waals surface area contributed by atoms with Gasteiger partial charge in [-0.1, -0.05) is 12.1 Å². The molecule has 1 aromatic carbocycles. The fourth-order valence-electron chi connectivity index (χ4n) is 2.56. The number of carbonyl (C=O) groups excluding carboxylic acids is 2. The van der Waals surface area contributed by atoms with E-state index < -0.39 is 0 Å². The van der Waals surface area contributed by atoms with E-state index in [1.54, 1.807) is 18.9 Å². The van der Waals surface area contributed by atoms with E-state index in [1.165, 1.54) is 0 Å². The minimum atomic E-state index is -0.118. The highest BCUT2D eigenvalue weighted by molar-refractivity contribution is 7.99. The molecular weight excluding hydrogens is 324 g/mol. The van der Waals surface area contributed by atoms with Crippen LogP contribution in [0.15, 0.2) is 24.3 Å². The molecule has 1 fully saturated rings. The SMILES string of the molecule is COCCNC(=O)[C@H](C)SCc1ccc(C(=O)N2CCCC2)cc1. The Balaban J connectivity index is 1.79. The Bertz CT molecular complexity index is 542. The number of benzene rings is 1. The van der Waals surface area contributed by atoms with Gasteiger partial charge in [0.25, 0.3) is 5.91 Å². The number of nitrogens with one attached hydrogen (secondary N) is 1. The zero-order valence-corrected chi connectivity index (χ0v) is 15.2. The molecule has 0 unspecified atom stereocenters. The Labute approximate surface area is 148 Å². The van der Waals surface area contributed by atoms with Crippen molar-refractivity contribution < 1.29 is 14.3 Å². The monoisotopic (exact) mass is 350 g/mol. The van der Waals surface area contributed by atoms with Gasteiger partial charge in [-0.15, -0.1) is 11.8 Å². The van der Waals surface area contributed by atoms with Crippen LogP contribution in [0.3, 0.4) is 0 Å². The lowest BCUT2D eigenvalue weighted by atomic mass is 10.1. The van der Waals surface area contributed by atoms with Gasteiger partial charge in [0.2, 0.25) is 5.91 Å². The van der Waals surface area contributed by atoms with Gasteiger partial charge in [0, 0.05) is 38.1 Å². The lowest BCUT2D eigenvalue weighted by Crippen LogP contribution is -2.33. The first-order valence-corrected chi connectivity index (χ1v) is 9.43. The quantitative estimate of drug-likeness (QED) is 0.731. The molecule has 0 bridgehead atoms. The average Bonchev–Trinajstić information content (AvgIpc) is 3.14. The normalized spacial score (nSPS) is 15.3. The number of amides is 2. The number of likely N-dealkylation sites (tertiary alicyclic amines) is 1. The minimum Gasteiger partial charge on any atom is -0.383 e. The fraction of sp³-hybridized carbons (Fsp3) is 0.556. The topological polar surface area (TPSA) is 58.6 Å². The van der Waals surface area contributed by atoms with Crippen LogP contribution in [-0.2, 0) is 15.3 Å². The molecule has 1 heterocycles. The molecule has 5 nitrogen and oxygen atoms in total. The molecule has 1 aliphatic heterocycles. The van der Waals surface area contributed by atoms with Crippen molar-refractivity contribution in [2.24, 2.45) is 0 Å². The molecule has 0 saturated carbocycles. The molecule has 0 aromatic heterocycles. The van der Waals surface area contributed by atoms with Gasteiger partial charge in [-0.05, 0) is 37.5 Å². The summed E-state index contributed by atoms with van der Waals surface area (Å²) in [6, 6.07) is 7.73. The molecule has 1 N–H and O–H groups in total. The maximum absolute atomic E-state index is 12.3. The van der Waals surface area contributed by atoms with Crippen LogP contribution in [0.5, 0.6) is 0 Å². The molecule has 132 valence electrons. The molecule has 0 aliphatic carbocycles. The first kappa shape index (κ1) is 18.8. The van der Waals surface area contributed by atoms with Gasteiger partial charge in [-0.3, -0.25) is 9.59 Å². The smallest absolute Gasteiger partial charge is 0.253 e. The number of rotatable bonds is 8. The van der Waals surface area contributed by atoms with Gasteiger partial charge >= 0.3 is 0 Å². The Kier molecular flexibility index (Phi) is 7.59. The number of carbonyl (C=O) groups is 2. The van der Waals surface area contributed by atoms with Crippen LogP contribution in [0.2, 0.25) is 0 Å².